The number of aliphatic imine (C=N–C) groups is 1. The summed E-state index contributed by atoms with van der Waals surface area (Å²) in [4.78, 5) is 54.2. The number of hydrogen-bond acceptors (Lipinski definition) is 6. The summed E-state index contributed by atoms with van der Waals surface area (Å²) in [6.07, 6.45) is 4.38. The van der Waals surface area contributed by atoms with Gasteiger partial charge in [-0.3, -0.25) is 29.5 Å². The van der Waals surface area contributed by atoms with Gasteiger partial charge in [0.25, 0.3) is 23.4 Å². The SMILES string of the molecule is CN(C)C(N)=NCCNC(=O)c1cc(NC(=O)c2cc(NC(=O)c3cc([N+](=O)[O-])cn3C)cn2C)cn1C.Cl. The van der Waals surface area contributed by atoms with E-state index in [2.05, 4.69) is 20.9 Å². The van der Waals surface area contributed by atoms with Gasteiger partial charge < -0.3 is 40.3 Å². The topological polar surface area (TPSA) is 187 Å². The normalized spacial score (nSPS) is 10.9. The molecule has 0 aliphatic rings. The number of carbonyl (C=O) groups is 3. The Balaban J connectivity index is 0.00000533. The first-order valence-electron chi connectivity index (χ1n) is 11.4. The third kappa shape index (κ3) is 7.38. The average Bonchev–Trinajstić information content (AvgIpc) is 3.52. The van der Waals surface area contributed by atoms with Crippen LogP contribution in [0.1, 0.15) is 31.5 Å². The van der Waals surface area contributed by atoms with Crippen molar-refractivity contribution in [2.24, 2.45) is 31.9 Å². The highest BCUT2D eigenvalue weighted by molar-refractivity contribution is 6.07. The van der Waals surface area contributed by atoms with Gasteiger partial charge in [0.2, 0.25) is 0 Å². The van der Waals surface area contributed by atoms with Crippen molar-refractivity contribution in [3.63, 3.8) is 0 Å². The molecular weight excluding hydrogens is 532 g/mol. The van der Waals surface area contributed by atoms with Crippen LogP contribution in [0.2, 0.25) is 0 Å². The van der Waals surface area contributed by atoms with E-state index in [0.717, 1.165) is 0 Å². The van der Waals surface area contributed by atoms with E-state index in [4.69, 9.17) is 5.73 Å². The average molecular weight is 563 g/mol. The molecule has 0 atom stereocenters. The molecule has 3 heterocycles. The number of aromatic nitrogens is 3. The van der Waals surface area contributed by atoms with Gasteiger partial charge in [0.15, 0.2) is 5.96 Å². The summed E-state index contributed by atoms with van der Waals surface area (Å²) >= 11 is 0. The lowest BCUT2D eigenvalue weighted by Crippen LogP contribution is -2.32. The van der Waals surface area contributed by atoms with Gasteiger partial charge in [-0.05, 0) is 12.1 Å². The summed E-state index contributed by atoms with van der Waals surface area (Å²) in [5, 5.41) is 19.1. The fourth-order valence-corrected chi connectivity index (χ4v) is 3.55. The Kier molecular flexibility index (Phi) is 9.86. The summed E-state index contributed by atoms with van der Waals surface area (Å²) in [5.74, 6) is -1.01. The maximum Gasteiger partial charge on any atom is 0.287 e. The quantitative estimate of drug-likeness (QED) is 0.0989. The van der Waals surface area contributed by atoms with Crippen molar-refractivity contribution in [1.29, 1.82) is 0 Å². The number of nitrogens with one attached hydrogen (secondary N) is 3. The predicted octanol–water partition coefficient (Wildman–Crippen LogP) is 1.14. The van der Waals surface area contributed by atoms with E-state index in [9.17, 15) is 24.5 Å². The van der Waals surface area contributed by atoms with Crippen molar-refractivity contribution in [3.05, 3.63) is 64.0 Å². The van der Waals surface area contributed by atoms with Gasteiger partial charge >= 0.3 is 0 Å². The molecule has 39 heavy (non-hydrogen) atoms. The van der Waals surface area contributed by atoms with Crippen LogP contribution in [0.4, 0.5) is 17.1 Å². The Hall–Kier alpha value is -4.79. The second-order valence-electron chi connectivity index (χ2n) is 8.70. The molecule has 0 radical (unpaired) electrons. The zero-order valence-electron chi connectivity index (χ0n) is 22.1. The number of anilines is 2. The number of amides is 3. The molecule has 0 saturated carbocycles. The van der Waals surface area contributed by atoms with Crippen molar-refractivity contribution in [2.45, 2.75) is 0 Å². The summed E-state index contributed by atoms with van der Waals surface area (Å²) in [7, 11) is 8.37. The molecule has 15 nitrogen and oxygen atoms in total. The number of hydrogen-bond donors (Lipinski definition) is 4. The summed E-state index contributed by atoms with van der Waals surface area (Å²) < 4.78 is 4.45. The highest BCUT2D eigenvalue weighted by atomic mass is 35.5. The number of carbonyl (C=O) groups excluding carboxylic acids is 3. The van der Waals surface area contributed by atoms with Gasteiger partial charge in [-0.15, -0.1) is 12.4 Å². The van der Waals surface area contributed by atoms with Crippen LogP contribution in [0.15, 0.2) is 41.8 Å². The molecular formula is C23H31ClN10O5. The van der Waals surface area contributed by atoms with Gasteiger partial charge in [0, 0.05) is 60.2 Å². The van der Waals surface area contributed by atoms with E-state index in [1.165, 1.54) is 34.5 Å². The lowest BCUT2D eigenvalue weighted by atomic mass is 10.3. The van der Waals surface area contributed by atoms with Crippen molar-refractivity contribution >= 4 is 53.2 Å². The standard InChI is InChI=1S/C23H30N10O5.ClH/c1-29(2)23(24)26-7-6-25-20(34)17-8-14(11-30(17)3)27-21(35)18-9-15(12-31(18)4)28-22(36)19-10-16(33(37)38)13-32(19)5;/h8-13H,6-7H2,1-5H3,(H2,24,26)(H,25,34)(H,27,35)(H,28,36);1H. The molecule has 3 aromatic heterocycles. The van der Waals surface area contributed by atoms with Crippen LogP contribution in [0.25, 0.3) is 0 Å². The maximum absolute atomic E-state index is 12.9. The van der Waals surface area contributed by atoms with E-state index < -0.39 is 16.7 Å². The first kappa shape index (κ1) is 30.4. The monoisotopic (exact) mass is 562 g/mol. The third-order valence-electron chi connectivity index (χ3n) is 5.55. The lowest BCUT2D eigenvalue weighted by Gasteiger charge is -2.10. The summed E-state index contributed by atoms with van der Waals surface area (Å²) in [6, 6.07) is 4.18. The van der Waals surface area contributed by atoms with E-state index in [1.807, 2.05) is 0 Å². The number of rotatable bonds is 9. The van der Waals surface area contributed by atoms with Gasteiger partial charge in [0.1, 0.15) is 17.1 Å². The van der Waals surface area contributed by atoms with Crippen LogP contribution in [0.5, 0.6) is 0 Å². The molecule has 0 saturated heterocycles. The van der Waals surface area contributed by atoms with Gasteiger partial charge in [-0.25, -0.2) is 0 Å². The largest absolute Gasteiger partial charge is 0.370 e. The van der Waals surface area contributed by atoms with Gasteiger partial charge in [-0.1, -0.05) is 0 Å². The second-order valence-corrected chi connectivity index (χ2v) is 8.70. The fraction of sp³-hybridized carbons (Fsp3) is 0.304. The van der Waals surface area contributed by atoms with Crippen molar-refractivity contribution in [1.82, 2.24) is 23.9 Å². The molecule has 3 rings (SSSR count). The molecule has 0 aliphatic heterocycles. The van der Waals surface area contributed by atoms with Crippen molar-refractivity contribution in [3.8, 4) is 0 Å². The van der Waals surface area contributed by atoms with E-state index in [0.29, 0.717) is 29.6 Å². The van der Waals surface area contributed by atoms with Crippen molar-refractivity contribution < 1.29 is 19.3 Å². The van der Waals surface area contributed by atoms with Crippen LogP contribution in [-0.4, -0.2) is 74.4 Å². The van der Waals surface area contributed by atoms with Crippen LogP contribution in [0.3, 0.4) is 0 Å². The Morgan fingerprint density at radius 1 is 0.897 bits per heavy atom. The first-order chi connectivity index (χ1) is 17.9. The molecule has 16 heteroatoms. The van der Waals surface area contributed by atoms with Gasteiger partial charge in [-0.2, -0.15) is 0 Å². The maximum atomic E-state index is 12.9. The van der Waals surface area contributed by atoms with E-state index in [-0.39, 0.29) is 41.9 Å². The third-order valence-corrected chi connectivity index (χ3v) is 5.55. The number of nitro groups is 1. The van der Waals surface area contributed by atoms with Crippen LogP contribution in [-0.2, 0) is 21.1 Å². The second kappa shape index (κ2) is 12.6. The molecule has 0 spiro atoms. The molecule has 0 aliphatic carbocycles. The molecule has 3 aromatic rings. The zero-order chi connectivity index (χ0) is 28.1. The highest BCUT2D eigenvalue weighted by Gasteiger charge is 2.20. The van der Waals surface area contributed by atoms with Gasteiger partial charge in [0.05, 0.1) is 29.0 Å². The molecule has 0 bridgehead atoms. The Morgan fingerprint density at radius 3 is 1.82 bits per heavy atom. The Morgan fingerprint density at radius 2 is 1.36 bits per heavy atom. The van der Waals surface area contributed by atoms with Crippen LogP contribution >= 0.6 is 12.4 Å². The van der Waals surface area contributed by atoms with Crippen LogP contribution < -0.4 is 21.7 Å². The van der Waals surface area contributed by atoms with Crippen LogP contribution in [0, 0.1) is 10.1 Å². The summed E-state index contributed by atoms with van der Waals surface area (Å²) in [5.41, 5.74) is 6.92. The zero-order valence-corrected chi connectivity index (χ0v) is 22.9. The predicted molar refractivity (Wildman–Crippen MR) is 149 cm³/mol. The smallest absolute Gasteiger partial charge is 0.287 e. The molecule has 0 fully saturated rings. The Labute approximate surface area is 230 Å². The minimum atomic E-state index is -0.586. The number of nitrogens with zero attached hydrogens (tertiary/aromatic N) is 6. The first-order valence-corrected chi connectivity index (χ1v) is 11.4. The molecule has 210 valence electrons. The molecule has 0 aromatic carbocycles. The summed E-state index contributed by atoms with van der Waals surface area (Å²) in [6.45, 7) is 0.602. The minimum Gasteiger partial charge on any atom is -0.370 e. The molecule has 5 N–H and O–H groups in total. The highest BCUT2D eigenvalue weighted by Crippen LogP contribution is 2.20. The number of halogens is 1. The number of guanidine groups is 1. The number of aryl methyl sites for hydroxylation is 3. The Bertz CT molecular complexity index is 1420. The fourth-order valence-electron chi connectivity index (χ4n) is 3.55. The lowest BCUT2D eigenvalue weighted by molar-refractivity contribution is -0.384. The minimum absolute atomic E-state index is 0. The van der Waals surface area contributed by atoms with E-state index >= 15 is 0 Å². The molecule has 3 amide bonds. The molecule has 0 unspecified atom stereocenters. The number of nitrogens with two attached hydrogens (primary N) is 1. The van der Waals surface area contributed by atoms with E-state index in [1.54, 1.807) is 56.1 Å². The van der Waals surface area contributed by atoms with Crippen molar-refractivity contribution in [2.75, 3.05) is 37.8 Å².